The number of hydrogen-bond acceptors (Lipinski definition) is 5. The number of anilines is 1. The average Bonchev–Trinajstić information content (AvgIpc) is 3.32. The number of furan rings is 1. The van der Waals surface area contributed by atoms with E-state index in [9.17, 15) is 14.4 Å². The minimum Gasteiger partial charge on any atom is -0.459 e. The Bertz CT molecular complexity index is 998. The Hall–Kier alpha value is -3.87. The molecular formula is C24H24N2O5. The fraction of sp³-hybridized carbons (Fsp3) is 0.208. The van der Waals surface area contributed by atoms with Crippen LogP contribution in [0.15, 0.2) is 77.4 Å². The van der Waals surface area contributed by atoms with E-state index in [0.717, 1.165) is 12.8 Å². The number of nitrogens with one attached hydrogen (secondary N) is 2. The smallest absolute Gasteiger partial charge is 0.338 e. The summed E-state index contributed by atoms with van der Waals surface area (Å²) in [4.78, 5) is 36.2. The second-order valence-corrected chi connectivity index (χ2v) is 7.08. The van der Waals surface area contributed by atoms with Gasteiger partial charge in [-0.15, -0.1) is 0 Å². The highest BCUT2D eigenvalue weighted by molar-refractivity contribution is 6.02. The molecule has 0 aliphatic rings. The highest BCUT2D eigenvalue weighted by Gasteiger charge is 2.13. The molecule has 2 aromatic carbocycles. The number of hydrogen-bond donors (Lipinski definition) is 2. The van der Waals surface area contributed by atoms with Crippen LogP contribution in [0.2, 0.25) is 0 Å². The van der Waals surface area contributed by atoms with Crippen LogP contribution in [0, 0.1) is 0 Å². The molecule has 0 unspecified atom stereocenters. The number of carbonyl (C=O) groups excluding carboxylic acids is 3. The zero-order chi connectivity index (χ0) is 22.1. The molecule has 2 amide bonds. The van der Waals surface area contributed by atoms with Gasteiger partial charge in [0.25, 0.3) is 11.8 Å². The molecule has 1 heterocycles. The van der Waals surface area contributed by atoms with Crippen LogP contribution in [0.4, 0.5) is 5.69 Å². The van der Waals surface area contributed by atoms with E-state index in [4.69, 9.17) is 9.15 Å². The molecule has 0 saturated heterocycles. The Labute approximate surface area is 180 Å². The van der Waals surface area contributed by atoms with Crippen molar-refractivity contribution in [1.82, 2.24) is 5.32 Å². The summed E-state index contributed by atoms with van der Waals surface area (Å²) in [6.07, 6.45) is 3.05. The number of ether oxygens (including phenoxy) is 1. The Balaban J connectivity index is 1.40. The third-order valence-corrected chi connectivity index (χ3v) is 4.57. The lowest BCUT2D eigenvalue weighted by molar-refractivity contribution is -0.124. The quantitative estimate of drug-likeness (QED) is 0.513. The van der Waals surface area contributed by atoms with Gasteiger partial charge in [0.1, 0.15) is 0 Å². The monoisotopic (exact) mass is 420 g/mol. The van der Waals surface area contributed by atoms with Gasteiger partial charge in [0.2, 0.25) is 0 Å². The summed E-state index contributed by atoms with van der Waals surface area (Å²) in [5, 5.41) is 5.49. The summed E-state index contributed by atoms with van der Waals surface area (Å²) < 4.78 is 10.1. The molecule has 0 aliphatic heterocycles. The maximum absolute atomic E-state index is 12.2. The van der Waals surface area contributed by atoms with E-state index in [1.165, 1.54) is 24.0 Å². The van der Waals surface area contributed by atoms with Crippen molar-refractivity contribution in [2.24, 2.45) is 0 Å². The molecule has 0 radical (unpaired) electrons. The van der Waals surface area contributed by atoms with Crippen LogP contribution in [0.25, 0.3) is 0 Å². The third-order valence-electron chi connectivity index (χ3n) is 4.57. The van der Waals surface area contributed by atoms with Crippen molar-refractivity contribution >= 4 is 23.5 Å². The Morgan fingerprint density at radius 2 is 1.71 bits per heavy atom. The van der Waals surface area contributed by atoms with E-state index < -0.39 is 11.9 Å². The minimum atomic E-state index is -0.615. The van der Waals surface area contributed by atoms with Crippen molar-refractivity contribution in [2.45, 2.75) is 25.8 Å². The fourth-order valence-electron chi connectivity index (χ4n) is 2.92. The molecule has 31 heavy (non-hydrogen) atoms. The van der Waals surface area contributed by atoms with E-state index in [-0.39, 0.29) is 29.9 Å². The van der Waals surface area contributed by atoms with E-state index in [0.29, 0.717) is 5.69 Å². The molecule has 7 nitrogen and oxygen atoms in total. The largest absolute Gasteiger partial charge is 0.459 e. The number of amides is 2. The number of esters is 1. The SMILES string of the molecule is C[C@@H](CCc1ccccc1)NC(=O)COC(=O)c1ccc(NC(=O)c2ccco2)cc1. The molecule has 1 atom stereocenters. The molecule has 0 bridgehead atoms. The summed E-state index contributed by atoms with van der Waals surface area (Å²) in [5.74, 6) is -1.17. The number of carbonyl (C=O) groups is 3. The normalized spacial score (nSPS) is 11.4. The molecule has 0 fully saturated rings. The Morgan fingerprint density at radius 3 is 2.39 bits per heavy atom. The van der Waals surface area contributed by atoms with Gasteiger partial charge in [-0.1, -0.05) is 30.3 Å². The first-order chi connectivity index (χ1) is 15.0. The van der Waals surface area contributed by atoms with Crippen LogP contribution in [0.5, 0.6) is 0 Å². The zero-order valence-electron chi connectivity index (χ0n) is 17.2. The van der Waals surface area contributed by atoms with Gasteiger partial charge in [0, 0.05) is 11.7 Å². The highest BCUT2D eigenvalue weighted by Crippen LogP contribution is 2.13. The molecule has 3 rings (SSSR count). The number of aryl methyl sites for hydroxylation is 1. The molecular weight excluding hydrogens is 396 g/mol. The van der Waals surface area contributed by atoms with Gasteiger partial charge in [-0.2, -0.15) is 0 Å². The molecule has 0 saturated carbocycles. The van der Waals surface area contributed by atoms with Crippen LogP contribution in [0.1, 0.15) is 39.8 Å². The molecule has 2 N–H and O–H groups in total. The van der Waals surface area contributed by atoms with Gasteiger partial charge in [-0.25, -0.2) is 4.79 Å². The summed E-state index contributed by atoms with van der Waals surface area (Å²) in [5.41, 5.74) is 1.99. The second-order valence-electron chi connectivity index (χ2n) is 7.08. The second kappa shape index (κ2) is 10.8. The van der Waals surface area contributed by atoms with Crippen molar-refractivity contribution in [1.29, 1.82) is 0 Å². The third kappa shape index (κ3) is 6.85. The first-order valence-electron chi connectivity index (χ1n) is 9.96. The van der Waals surface area contributed by atoms with Gasteiger partial charge in [-0.3, -0.25) is 9.59 Å². The van der Waals surface area contributed by atoms with Gasteiger partial charge in [-0.05, 0) is 61.7 Å². The Morgan fingerprint density at radius 1 is 0.968 bits per heavy atom. The van der Waals surface area contributed by atoms with Crippen molar-refractivity contribution in [3.8, 4) is 0 Å². The van der Waals surface area contributed by atoms with E-state index >= 15 is 0 Å². The van der Waals surface area contributed by atoms with Crippen LogP contribution in [-0.2, 0) is 16.0 Å². The van der Waals surface area contributed by atoms with Crippen molar-refractivity contribution in [3.63, 3.8) is 0 Å². The summed E-state index contributed by atoms with van der Waals surface area (Å²) in [7, 11) is 0. The number of benzene rings is 2. The van der Waals surface area contributed by atoms with Crippen LogP contribution >= 0.6 is 0 Å². The van der Waals surface area contributed by atoms with Crippen molar-refractivity contribution in [2.75, 3.05) is 11.9 Å². The van der Waals surface area contributed by atoms with Crippen molar-refractivity contribution in [3.05, 3.63) is 89.9 Å². The van der Waals surface area contributed by atoms with E-state index in [1.807, 2.05) is 37.3 Å². The first-order valence-corrected chi connectivity index (χ1v) is 9.96. The van der Waals surface area contributed by atoms with Crippen LogP contribution in [-0.4, -0.2) is 30.4 Å². The molecule has 160 valence electrons. The van der Waals surface area contributed by atoms with Crippen LogP contribution < -0.4 is 10.6 Å². The minimum absolute atomic E-state index is 0.0385. The Kier molecular flexibility index (Phi) is 7.59. The highest BCUT2D eigenvalue weighted by atomic mass is 16.5. The van der Waals surface area contributed by atoms with Gasteiger partial charge in [0.15, 0.2) is 12.4 Å². The maximum atomic E-state index is 12.2. The topological polar surface area (TPSA) is 97.6 Å². The lowest BCUT2D eigenvalue weighted by Gasteiger charge is -2.14. The molecule has 0 aliphatic carbocycles. The standard InChI is InChI=1S/C24H24N2O5/c1-17(9-10-18-6-3-2-4-7-18)25-22(27)16-31-24(29)19-11-13-20(14-12-19)26-23(28)21-8-5-15-30-21/h2-8,11-15,17H,9-10,16H2,1H3,(H,25,27)(H,26,28)/t17-/m0/s1. The lowest BCUT2D eigenvalue weighted by atomic mass is 10.1. The summed E-state index contributed by atoms with van der Waals surface area (Å²) >= 11 is 0. The first kappa shape index (κ1) is 21.8. The summed E-state index contributed by atoms with van der Waals surface area (Å²) in [6, 6.07) is 19.3. The van der Waals surface area contributed by atoms with Gasteiger partial charge < -0.3 is 19.8 Å². The van der Waals surface area contributed by atoms with Gasteiger partial charge >= 0.3 is 5.97 Å². The molecule has 0 spiro atoms. The van der Waals surface area contributed by atoms with E-state index in [2.05, 4.69) is 10.6 Å². The predicted molar refractivity (Wildman–Crippen MR) is 116 cm³/mol. The fourth-order valence-corrected chi connectivity index (χ4v) is 2.92. The maximum Gasteiger partial charge on any atom is 0.338 e. The van der Waals surface area contributed by atoms with E-state index in [1.54, 1.807) is 24.3 Å². The predicted octanol–water partition coefficient (Wildman–Crippen LogP) is 3.83. The number of rotatable bonds is 9. The zero-order valence-corrected chi connectivity index (χ0v) is 17.2. The lowest BCUT2D eigenvalue weighted by Crippen LogP contribution is -2.36. The molecule has 1 aromatic heterocycles. The molecule has 7 heteroatoms. The average molecular weight is 420 g/mol. The molecule has 3 aromatic rings. The van der Waals surface area contributed by atoms with Crippen molar-refractivity contribution < 1.29 is 23.5 Å². The van der Waals surface area contributed by atoms with Gasteiger partial charge in [0.05, 0.1) is 11.8 Å². The van der Waals surface area contributed by atoms with Crippen LogP contribution in [0.3, 0.4) is 0 Å². The summed E-state index contributed by atoms with van der Waals surface area (Å²) in [6.45, 7) is 1.56.